The van der Waals surface area contributed by atoms with Crippen molar-refractivity contribution < 1.29 is 9.13 Å². The third-order valence-electron chi connectivity index (χ3n) is 3.73. The molecule has 0 radical (unpaired) electrons. The van der Waals surface area contributed by atoms with E-state index in [1.807, 2.05) is 11.8 Å². The number of hydrogen-bond acceptors (Lipinski definition) is 3. The van der Waals surface area contributed by atoms with Crippen LogP contribution in [-0.4, -0.2) is 24.7 Å². The fraction of sp³-hybridized carbons (Fsp3) is 0.625. The number of nitrogens with one attached hydrogen (secondary N) is 1. The van der Waals surface area contributed by atoms with Gasteiger partial charge in [0.1, 0.15) is 11.6 Å². The van der Waals surface area contributed by atoms with E-state index in [4.69, 9.17) is 4.74 Å². The lowest BCUT2D eigenvalue weighted by Gasteiger charge is -2.31. The van der Waals surface area contributed by atoms with E-state index in [2.05, 4.69) is 12.2 Å². The first kappa shape index (κ1) is 15.6. The summed E-state index contributed by atoms with van der Waals surface area (Å²) in [5, 5.41) is 4.10. The summed E-state index contributed by atoms with van der Waals surface area (Å²) >= 11 is 2.00. The van der Waals surface area contributed by atoms with Crippen LogP contribution in [0.5, 0.6) is 5.75 Å². The number of rotatable bonds is 6. The summed E-state index contributed by atoms with van der Waals surface area (Å²) < 4.78 is 19.1. The SMILES string of the molecule is CCCNC(c1cc(F)ccc1OC)C1CCCCS1. The lowest BCUT2D eigenvalue weighted by Crippen LogP contribution is -2.32. The second-order valence-corrected chi connectivity index (χ2v) is 6.57. The quantitative estimate of drug-likeness (QED) is 0.852. The average Bonchev–Trinajstić information content (AvgIpc) is 2.49. The van der Waals surface area contributed by atoms with Crippen LogP contribution in [0.1, 0.15) is 44.2 Å². The standard InChI is InChI=1S/C16H24FNOS/c1-3-9-18-16(15-6-4-5-10-20-15)13-11-12(17)7-8-14(13)19-2/h7-8,11,15-16,18H,3-6,9-10H2,1-2H3. The Balaban J connectivity index is 2.26. The zero-order valence-electron chi connectivity index (χ0n) is 12.3. The Morgan fingerprint density at radius 2 is 2.30 bits per heavy atom. The lowest BCUT2D eigenvalue weighted by atomic mass is 9.98. The Hall–Kier alpha value is -0.740. The first-order valence-corrected chi connectivity index (χ1v) is 8.49. The highest BCUT2D eigenvalue weighted by Gasteiger charge is 2.27. The summed E-state index contributed by atoms with van der Waals surface area (Å²) in [5.74, 6) is 1.79. The van der Waals surface area contributed by atoms with Gasteiger partial charge in [0, 0.05) is 16.9 Å². The maximum atomic E-state index is 13.6. The Kier molecular flexibility index (Phi) is 6.17. The molecule has 0 bridgehead atoms. The van der Waals surface area contributed by atoms with Gasteiger partial charge in [-0.05, 0) is 49.8 Å². The molecule has 1 aromatic rings. The molecule has 2 atom stereocenters. The fourth-order valence-electron chi connectivity index (χ4n) is 2.72. The van der Waals surface area contributed by atoms with Gasteiger partial charge in [-0.25, -0.2) is 4.39 Å². The van der Waals surface area contributed by atoms with E-state index in [-0.39, 0.29) is 11.9 Å². The summed E-state index contributed by atoms with van der Waals surface area (Å²) in [6.07, 6.45) is 4.82. The van der Waals surface area contributed by atoms with Crippen molar-refractivity contribution in [2.24, 2.45) is 0 Å². The number of halogens is 1. The monoisotopic (exact) mass is 297 g/mol. The fourth-order valence-corrected chi connectivity index (χ4v) is 4.16. The van der Waals surface area contributed by atoms with Crippen LogP contribution < -0.4 is 10.1 Å². The molecule has 1 N–H and O–H groups in total. The van der Waals surface area contributed by atoms with Crippen LogP contribution >= 0.6 is 11.8 Å². The number of ether oxygens (including phenoxy) is 1. The molecule has 1 aliphatic rings. The largest absolute Gasteiger partial charge is 0.496 e. The van der Waals surface area contributed by atoms with Gasteiger partial charge in [-0.15, -0.1) is 0 Å². The summed E-state index contributed by atoms with van der Waals surface area (Å²) in [7, 11) is 1.65. The smallest absolute Gasteiger partial charge is 0.123 e. The number of thioether (sulfide) groups is 1. The molecule has 1 aromatic carbocycles. The van der Waals surface area contributed by atoms with Crippen LogP contribution in [0, 0.1) is 5.82 Å². The highest BCUT2D eigenvalue weighted by atomic mass is 32.2. The van der Waals surface area contributed by atoms with Crippen molar-refractivity contribution in [1.29, 1.82) is 0 Å². The average molecular weight is 297 g/mol. The maximum Gasteiger partial charge on any atom is 0.123 e. The molecule has 112 valence electrons. The van der Waals surface area contributed by atoms with Crippen molar-refractivity contribution >= 4 is 11.8 Å². The number of hydrogen-bond donors (Lipinski definition) is 1. The van der Waals surface area contributed by atoms with Gasteiger partial charge in [0.25, 0.3) is 0 Å². The normalized spacial score (nSPS) is 20.6. The van der Waals surface area contributed by atoms with E-state index in [1.165, 1.54) is 31.1 Å². The van der Waals surface area contributed by atoms with Crippen LogP contribution in [0.4, 0.5) is 4.39 Å². The molecule has 0 spiro atoms. The van der Waals surface area contributed by atoms with Gasteiger partial charge >= 0.3 is 0 Å². The molecule has 4 heteroatoms. The minimum atomic E-state index is -0.190. The first-order chi connectivity index (χ1) is 9.76. The van der Waals surface area contributed by atoms with Gasteiger partial charge in [0.15, 0.2) is 0 Å². The topological polar surface area (TPSA) is 21.3 Å². The molecule has 1 fully saturated rings. The summed E-state index contributed by atoms with van der Waals surface area (Å²) in [5.41, 5.74) is 0.959. The highest BCUT2D eigenvalue weighted by Crippen LogP contribution is 2.38. The zero-order chi connectivity index (χ0) is 14.4. The van der Waals surface area contributed by atoms with Crippen molar-refractivity contribution in [3.63, 3.8) is 0 Å². The summed E-state index contributed by atoms with van der Waals surface area (Å²) in [6.45, 7) is 3.10. The van der Waals surface area contributed by atoms with Crippen LogP contribution in [0.2, 0.25) is 0 Å². The Morgan fingerprint density at radius 3 is 2.95 bits per heavy atom. The third kappa shape index (κ3) is 3.89. The predicted molar refractivity (Wildman–Crippen MR) is 84.1 cm³/mol. The molecular formula is C16H24FNOS. The van der Waals surface area contributed by atoms with E-state index in [0.29, 0.717) is 5.25 Å². The van der Waals surface area contributed by atoms with Gasteiger partial charge in [-0.3, -0.25) is 0 Å². The van der Waals surface area contributed by atoms with Crippen molar-refractivity contribution in [3.8, 4) is 5.75 Å². The molecule has 0 amide bonds. The van der Waals surface area contributed by atoms with E-state index in [9.17, 15) is 4.39 Å². The van der Waals surface area contributed by atoms with Gasteiger partial charge in [0.2, 0.25) is 0 Å². The van der Waals surface area contributed by atoms with Gasteiger partial charge in [-0.1, -0.05) is 13.3 Å². The molecule has 2 nitrogen and oxygen atoms in total. The van der Waals surface area contributed by atoms with Crippen molar-refractivity contribution in [2.45, 2.75) is 43.9 Å². The van der Waals surface area contributed by atoms with Gasteiger partial charge in [-0.2, -0.15) is 11.8 Å². The number of benzene rings is 1. The molecular weight excluding hydrogens is 273 g/mol. The van der Waals surface area contributed by atoms with Gasteiger partial charge in [0.05, 0.1) is 7.11 Å². The molecule has 2 rings (SSSR count). The molecule has 0 saturated carbocycles. The first-order valence-electron chi connectivity index (χ1n) is 7.44. The lowest BCUT2D eigenvalue weighted by molar-refractivity contribution is 0.391. The van der Waals surface area contributed by atoms with E-state index >= 15 is 0 Å². The van der Waals surface area contributed by atoms with Crippen LogP contribution in [0.25, 0.3) is 0 Å². The maximum absolute atomic E-state index is 13.6. The summed E-state index contributed by atoms with van der Waals surface area (Å²) in [6, 6.07) is 5.00. The molecule has 0 aliphatic carbocycles. The van der Waals surface area contributed by atoms with Crippen LogP contribution in [-0.2, 0) is 0 Å². The van der Waals surface area contributed by atoms with E-state index in [0.717, 1.165) is 24.3 Å². The predicted octanol–water partition coefficient (Wildman–Crippen LogP) is 4.16. The minimum absolute atomic E-state index is 0.172. The Morgan fingerprint density at radius 1 is 1.45 bits per heavy atom. The molecule has 1 heterocycles. The third-order valence-corrected chi connectivity index (χ3v) is 5.19. The summed E-state index contributed by atoms with van der Waals surface area (Å²) in [4.78, 5) is 0. The molecule has 20 heavy (non-hydrogen) atoms. The highest BCUT2D eigenvalue weighted by molar-refractivity contribution is 8.00. The van der Waals surface area contributed by atoms with Crippen molar-refractivity contribution in [3.05, 3.63) is 29.6 Å². The van der Waals surface area contributed by atoms with E-state index < -0.39 is 0 Å². The van der Waals surface area contributed by atoms with Gasteiger partial charge < -0.3 is 10.1 Å². The second kappa shape index (κ2) is 7.89. The molecule has 0 aromatic heterocycles. The minimum Gasteiger partial charge on any atom is -0.496 e. The molecule has 1 aliphatic heterocycles. The van der Waals surface area contributed by atoms with E-state index in [1.54, 1.807) is 19.2 Å². The Bertz CT molecular complexity index is 421. The van der Waals surface area contributed by atoms with Crippen LogP contribution in [0.15, 0.2) is 18.2 Å². The number of methoxy groups -OCH3 is 1. The molecule has 1 saturated heterocycles. The van der Waals surface area contributed by atoms with Crippen molar-refractivity contribution in [2.75, 3.05) is 19.4 Å². The zero-order valence-corrected chi connectivity index (χ0v) is 13.1. The van der Waals surface area contributed by atoms with Crippen molar-refractivity contribution in [1.82, 2.24) is 5.32 Å². The van der Waals surface area contributed by atoms with Crippen LogP contribution in [0.3, 0.4) is 0 Å². The second-order valence-electron chi connectivity index (χ2n) is 5.22. The molecule has 2 unspecified atom stereocenters. The Labute approximate surface area is 125 Å².